The molecule has 4 atom stereocenters. The maximum Gasteiger partial charge on any atom is 0.253 e. The highest BCUT2D eigenvalue weighted by atomic mass is 35.5. The molecule has 0 radical (unpaired) electrons. The summed E-state index contributed by atoms with van der Waals surface area (Å²) in [6.07, 6.45) is 6.31. The summed E-state index contributed by atoms with van der Waals surface area (Å²) < 4.78 is 0. The number of allylic oxidation sites excluding steroid dienone is 2. The highest BCUT2D eigenvalue weighted by molar-refractivity contribution is 6.36. The lowest BCUT2D eigenvalue weighted by Gasteiger charge is -2.39. The summed E-state index contributed by atoms with van der Waals surface area (Å²) in [6, 6.07) is 11.6. The van der Waals surface area contributed by atoms with Crippen molar-refractivity contribution in [2.24, 2.45) is 5.92 Å². The van der Waals surface area contributed by atoms with Gasteiger partial charge in [0.1, 0.15) is 0 Å². The van der Waals surface area contributed by atoms with Crippen molar-refractivity contribution in [1.82, 2.24) is 5.32 Å². The number of anilines is 1. The van der Waals surface area contributed by atoms with Crippen LogP contribution in [-0.2, 0) is 0 Å². The average molecular weight is 415 g/mol. The molecule has 0 aromatic heterocycles. The summed E-state index contributed by atoms with van der Waals surface area (Å²) in [7, 11) is 0. The predicted molar refractivity (Wildman–Crippen MR) is 116 cm³/mol. The van der Waals surface area contributed by atoms with Gasteiger partial charge in [0, 0.05) is 27.6 Å². The van der Waals surface area contributed by atoms with E-state index in [1.54, 1.807) is 0 Å². The molecule has 1 aliphatic carbocycles. The number of carbonyl (C=O) groups is 1. The van der Waals surface area contributed by atoms with Crippen molar-refractivity contribution < 1.29 is 4.79 Å². The zero-order chi connectivity index (χ0) is 19.8. The quantitative estimate of drug-likeness (QED) is 0.572. The molecular formula is C23H24Cl2N2O. The minimum atomic E-state index is -0.0527. The Kier molecular flexibility index (Phi) is 5.39. The third kappa shape index (κ3) is 3.31. The zero-order valence-electron chi connectivity index (χ0n) is 16.0. The second-order valence-corrected chi connectivity index (χ2v) is 8.48. The van der Waals surface area contributed by atoms with Gasteiger partial charge in [-0.15, -0.1) is 0 Å². The molecule has 2 aromatic rings. The SMILES string of the molecule is CCC(C)NC(=O)c1cccc2c1NC(c1c(Cl)cccc1Cl)C1CC=CC21. The van der Waals surface area contributed by atoms with Crippen molar-refractivity contribution in [3.05, 3.63) is 75.3 Å². The van der Waals surface area contributed by atoms with Crippen molar-refractivity contribution in [2.75, 3.05) is 5.32 Å². The summed E-state index contributed by atoms with van der Waals surface area (Å²) in [5.41, 5.74) is 3.63. The van der Waals surface area contributed by atoms with E-state index in [1.807, 2.05) is 37.3 Å². The zero-order valence-corrected chi connectivity index (χ0v) is 17.5. The molecule has 1 amide bonds. The van der Waals surface area contributed by atoms with Gasteiger partial charge in [-0.2, -0.15) is 0 Å². The summed E-state index contributed by atoms with van der Waals surface area (Å²) in [5, 5.41) is 8.03. The Morgan fingerprint density at radius 3 is 2.64 bits per heavy atom. The third-order valence-corrected chi connectivity index (χ3v) is 6.60. The maximum atomic E-state index is 12.9. The third-order valence-electron chi connectivity index (χ3n) is 5.94. The summed E-state index contributed by atoms with van der Waals surface area (Å²) in [4.78, 5) is 12.9. The number of benzene rings is 2. The second kappa shape index (κ2) is 7.81. The Labute approximate surface area is 176 Å². The highest BCUT2D eigenvalue weighted by Crippen LogP contribution is 2.52. The molecule has 0 saturated carbocycles. The van der Waals surface area contributed by atoms with Crippen molar-refractivity contribution >= 4 is 34.8 Å². The first-order valence-corrected chi connectivity index (χ1v) is 10.6. The molecule has 0 bridgehead atoms. The van der Waals surface area contributed by atoms with Gasteiger partial charge in [-0.25, -0.2) is 0 Å². The van der Waals surface area contributed by atoms with Gasteiger partial charge in [0.25, 0.3) is 5.91 Å². The van der Waals surface area contributed by atoms with Gasteiger partial charge in [0.2, 0.25) is 0 Å². The van der Waals surface area contributed by atoms with E-state index in [-0.39, 0.29) is 23.9 Å². The van der Waals surface area contributed by atoms with E-state index in [1.165, 1.54) is 0 Å². The standard InChI is InChI=1S/C23H24Cl2N2O/c1-3-13(2)26-23(28)17-10-5-8-15-14-7-4-9-16(14)22(27-21(15)17)20-18(24)11-6-12-19(20)25/h4-8,10-14,16,22,27H,3,9H2,1-2H3,(H,26,28). The van der Waals surface area contributed by atoms with Crippen LogP contribution < -0.4 is 10.6 Å². The van der Waals surface area contributed by atoms with Crippen molar-refractivity contribution in [1.29, 1.82) is 0 Å². The Morgan fingerprint density at radius 2 is 1.93 bits per heavy atom. The number of halogens is 2. The molecular weight excluding hydrogens is 391 g/mol. The summed E-state index contributed by atoms with van der Waals surface area (Å²) in [6.45, 7) is 4.08. The second-order valence-electron chi connectivity index (χ2n) is 7.66. The number of carbonyl (C=O) groups excluding carboxylic acids is 1. The first kappa shape index (κ1) is 19.4. The molecule has 2 aromatic carbocycles. The monoisotopic (exact) mass is 414 g/mol. The molecule has 1 aliphatic heterocycles. The Bertz CT molecular complexity index is 920. The Balaban J connectivity index is 1.79. The number of nitrogens with one attached hydrogen (secondary N) is 2. The van der Waals surface area contributed by atoms with E-state index >= 15 is 0 Å². The molecule has 2 N–H and O–H groups in total. The molecule has 0 saturated heterocycles. The van der Waals surface area contributed by atoms with Gasteiger partial charge < -0.3 is 10.6 Å². The Morgan fingerprint density at radius 1 is 1.21 bits per heavy atom. The summed E-state index contributed by atoms with van der Waals surface area (Å²) >= 11 is 13.1. The number of hydrogen-bond donors (Lipinski definition) is 2. The molecule has 1 heterocycles. The number of hydrogen-bond acceptors (Lipinski definition) is 2. The Hall–Kier alpha value is -1.97. The molecule has 4 unspecified atom stereocenters. The molecule has 146 valence electrons. The smallest absolute Gasteiger partial charge is 0.253 e. The van der Waals surface area contributed by atoms with Gasteiger partial charge in [-0.1, -0.05) is 60.5 Å². The van der Waals surface area contributed by atoms with E-state index in [0.717, 1.165) is 29.7 Å². The fourth-order valence-electron chi connectivity index (χ4n) is 4.31. The van der Waals surface area contributed by atoms with E-state index in [4.69, 9.17) is 23.2 Å². The van der Waals surface area contributed by atoms with E-state index in [0.29, 0.717) is 21.5 Å². The fourth-order valence-corrected chi connectivity index (χ4v) is 4.94. The van der Waals surface area contributed by atoms with E-state index < -0.39 is 0 Å². The van der Waals surface area contributed by atoms with Crippen LogP contribution in [0.1, 0.15) is 60.1 Å². The van der Waals surface area contributed by atoms with Crippen LogP contribution in [0.5, 0.6) is 0 Å². The molecule has 0 fully saturated rings. The molecule has 4 rings (SSSR count). The molecule has 0 spiro atoms. The minimum Gasteiger partial charge on any atom is -0.377 e. The van der Waals surface area contributed by atoms with E-state index in [2.05, 4.69) is 35.8 Å². The van der Waals surface area contributed by atoms with Gasteiger partial charge in [0.15, 0.2) is 0 Å². The van der Waals surface area contributed by atoms with Crippen LogP contribution in [0.4, 0.5) is 5.69 Å². The van der Waals surface area contributed by atoms with Crippen LogP contribution in [0.15, 0.2) is 48.6 Å². The summed E-state index contributed by atoms with van der Waals surface area (Å²) in [5.74, 6) is 0.505. The minimum absolute atomic E-state index is 0.0498. The lowest BCUT2D eigenvalue weighted by Crippen LogP contribution is -2.35. The van der Waals surface area contributed by atoms with Crippen molar-refractivity contribution in [2.45, 2.75) is 44.7 Å². The van der Waals surface area contributed by atoms with E-state index in [9.17, 15) is 4.79 Å². The van der Waals surface area contributed by atoms with Crippen LogP contribution >= 0.6 is 23.2 Å². The van der Waals surface area contributed by atoms with Crippen LogP contribution in [0, 0.1) is 5.92 Å². The van der Waals surface area contributed by atoms with Crippen LogP contribution in [-0.4, -0.2) is 11.9 Å². The van der Waals surface area contributed by atoms with Crippen molar-refractivity contribution in [3.8, 4) is 0 Å². The predicted octanol–water partition coefficient (Wildman–Crippen LogP) is 6.35. The first-order chi connectivity index (χ1) is 13.5. The maximum absolute atomic E-state index is 12.9. The molecule has 2 aliphatic rings. The fraction of sp³-hybridized carbons (Fsp3) is 0.348. The van der Waals surface area contributed by atoms with Crippen LogP contribution in [0.3, 0.4) is 0 Å². The van der Waals surface area contributed by atoms with Crippen LogP contribution in [0.2, 0.25) is 10.0 Å². The number of amides is 1. The van der Waals surface area contributed by atoms with Gasteiger partial charge in [-0.05, 0) is 49.4 Å². The lowest BCUT2D eigenvalue weighted by molar-refractivity contribution is 0.0939. The molecule has 3 nitrogen and oxygen atoms in total. The average Bonchev–Trinajstić information content (AvgIpc) is 3.17. The molecule has 5 heteroatoms. The highest BCUT2D eigenvalue weighted by Gasteiger charge is 2.40. The normalized spacial score (nSPS) is 23.5. The number of rotatable bonds is 4. The molecule has 28 heavy (non-hydrogen) atoms. The largest absolute Gasteiger partial charge is 0.377 e. The number of para-hydroxylation sites is 1. The van der Waals surface area contributed by atoms with Gasteiger partial charge in [0.05, 0.1) is 17.3 Å². The van der Waals surface area contributed by atoms with Crippen LogP contribution in [0.25, 0.3) is 0 Å². The lowest BCUT2D eigenvalue weighted by atomic mass is 9.76. The van der Waals surface area contributed by atoms with Gasteiger partial charge in [-0.3, -0.25) is 4.79 Å². The number of fused-ring (bicyclic) bond motifs is 3. The topological polar surface area (TPSA) is 41.1 Å². The van der Waals surface area contributed by atoms with Crippen molar-refractivity contribution in [3.63, 3.8) is 0 Å². The van der Waals surface area contributed by atoms with Gasteiger partial charge >= 0.3 is 0 Å². The first-order valence-electron chi connectivity index (χ1n) is 9.82.